The van der Waals surface area contributed by atoms with Crippen LogP contribution in [-0.4, -0.2) is 21.6 Å². The van der Waals surface area contributed by atoms with Crippen molar-refractivity contribution in [2.24, 2.45) is 0 Å². The summed E-state index contributed by atoms with van der Waals surface area (Å²) in [7, 11) is 1.54. The maximum absolute atomic E-state index is 9.97. The molecule has 5 nitrogen and oxygen atoms in total. The van der Waals surface area contributed by atoms with Crippen LogP contribution in [0.25, 0.3) is 16.9 Å². The van der Waals surface area contributed by atoms with Crippen LogP contribution in [0.5, 0.6) is 11.5 Å². The Hall–Kier alpha value is -3.47. The Morgan fingerprint density at radius 1 is 1.03 bits per heavy atom. The van der Waals surface area contributed by atoms with Gasteiger partial charge in [0.1, 0.15) is 17.2 Å². The summed E-state index contributed by atoms with van der Waals surface area (Å²) in [5.41, 5.74) is 5.93. The Balaban J connectivity index is 1.84. The lowest BCUT2D eigenvalue weighted by molar-refractivity contribution is 0.373. The molecular formula is C24H25N3O2. The standard InChI is InChI=1S/C24H25N3O2/c1-15(2)17-6-9-19(10-7-17)25-24-23(18-8-11-20(28)21(13-18)29-4)26-22-12-5-16(3)14-27(22)24/h5-15,25,28H,1-4H3. The van der Waals surface area contributed by atoms with Gasteiger partial charge in [-0.1, -0.05) is 32.0 Å². The third-order valence-electron chi connectivity index (χ3n) is 5.06. The Morgan fingerprint density at radius 3 is 2.48 bits per heavy atom. The summed E-state index contributed by atoms with van der Waals surface area (Å²) >= 11 is 0. The third kappa shape index (κ3) is 3.63. The number of phenolic OH excluding ortho intramolecular Hbond substituents is 1. The van der Waals surface area contributed by atoms with Crippen LogP contribution >= 0.6 is 0 Å². The second-order valence-corrected chi connectivity index (χ2v) is 7.53. The van der Waals surface area contributed by atoms with E-state index in [-0.39, 0.29) is 5.75 Å². The number of fused-ring (bicyclic) bond motifs is 1. The molecular weight excluding hydrogens is 362 g/mol. The number of nitrogens with one attached hydrogen (secondary N) is 1. The van der Waals surface area contributed by atoms with Crippen molar-refractivity contribution in [3.8, 4) is 22.8 Å². The molecule has 2 aromatic carbocycles. The number of rotatable bonds is 5. The highest BCUT2D eigenvalue weighted by Crippen LogP contribution is 2.36. The lowest BCUT2D eigenvalue weighted by Gasteiger charge is -2.12. The van der Waals surface area contributed by atoms with Crippen molar-refractivity contribution in [1.29, 1.82) is 0 Å². The molecule has 0 fully saturated rings. The summed E-state index contributed by atoms with van der Waals surface area (Å²) in [4.78, 5) is 4.83. The van der Waals surface area contributed by atoms with Gasteiger partial charge in [0.25, 0.3) is 0 Å². The fraction of sp³-hybridized carbons (Fsp3) is 0.208. The number of nitrogens with zero attached hydrogens (tertiary/aromatic N) is 2. The first-order valence-corrected chi connectivity index (χ1v) is 9.69. The van der Waals surface area contributed by atoms with E-state index in [0.717, 1.165) is 34.0 Å². The quantitative estimate of drug-likeness (QED) is 0.448. The number of hydrogen-bond acceptors (Lipinski definition) is 4. The molecule has 0 saturated heterocycles. The predicted molar refractivity (Wildman–Crippen MR) is 117 cm³/mol. The van der Waals surface area contributed by atoms with Crippen molar-refractivity contribution < 1.29 is 9.84 Å². The van der Waals surface area contributed by atoms with Crippen LogP contribution in [0.1, 0.15) is 30.9 Å². The maximum atomic E-state index is 9.97. The van der Waals surface area contributed by atoms with E-state index in [1.165, 1.54) is 5.56 Å². The van der Waals surface area contributed by atoms with Crippen molar-refractivity contribution in [3.63, 3.8) is 0 Å². The van der Waals surface area contributed by atoms with Crippen LogP contribution < -0.4 is 10.1 Å². The first kappa shape index (κ1) is 18.9. The number of methoxy groups -OCH3 is 1. The van der Waals surface area contributed by atoms with Crippen LogP contribution in [0.2, 0.25) is 0 Å². The molecule has 0 saturated carbocycles. The molecule has 0 atom stereocenters. The van der Waals surface area contributed by atoms with E-state index in [0.29, 0.717) is 11.7 Å². The molecule has 0 radical (unpaired) electrons. The zero-order chi connectivity index (χ0) is 20.5. The van der Waals surface area contributed by atoms with Crippen LogP contribution in [0.3, 0.4) is 0 Å². The number of hydrogen-bond donors (Lipinski definition) is 2. The molecule has 2 N–H and O–H groups in total. The lowest BCUT2D eigenvalue weighted by Crippen LogP contribution is -1.98. The monoisotopic (exact) mass is 387 g/mol. The molecule has 2 heterocycles. The first-order valence-electron chi connectivity index (χ1n) is 9.69. The largest absolute Gasteiger partial charge is 0.504 e. The van der Waals surface area contributed by atoms with E-state index >= 15 is 0 Å². The second kappa shape index (κ2) is 7.51. The van der Waals surface area contributed by atoms with E-state index in [1.54, 1.807) is 19.2 Å². The minimum absolute atomic E-state index is 0.106. The molecule has 0 bridgehead atoms. The molecule has 4 aromatic rings. The minimum atomic E-state index is 0.106. The second-order valence-electron chi connectivity index (χ2n) is 7.53. The molecule has 148 valence electrons. The van der Waals surface area contributed by atoms with Crippen LogP contribution in [0, 0.1) is 6.92 Å². The van der Waals surface area contributed by atoms with Gasteiger partial charge >= 0.3 is 0 Å². The van der Waals surface area contributed by atoms with Gasteiger partial charge in [-0.3, -0.25) is 4.40 Å². The zero-order valence-corrected chi connectivity index (χ0v) is 17.1. The number of ether oxygens (including phenoxy) is 1. The number of aromatic nitrogens is 2. The van der Waals surface area contributed by atoms with Crippen molar-refractivity contribution in [3.05, 3.63) is 71.9 Å². The van der Waals surface area contributed by atoms with Gasteiger partial charge in [0, 0.05) is 17.4 Å². The predicted octanol–water partition coefficient (Wildman–Crippen LogP) is 5.89. The van der Waals surface area contributed by atoms with Gasteiger partial charge in [-0.05, 0) is 60.4 Å². The molecule has 0 aliphatic rings. The number of imidazole rings is 1. The normalized spacial score (nSPS) is 11.2. The van der Waals surface area contributed by atoms with E-state index in [1.807, 2.05) is 18.2 Å². The summed E-state index contributed by atoms with van der Waals surface area (Å²) in [5, 5.41) is 13.5. The van der Waals surface area contributed by atoms with Gasteiger partial charge in [0.15, 0.2) is 11.5 Å². The smallest absolute Gasteiger partial charge is 0.161 e. The summed E-state index contributed by atoms with van der Waals surface area (Å²) in [5.74, 6) is 1.88. The first-order chi connectivity index (χ1) is 14.0. The van der Waals surface area contributed by atoms with Gasteiger partial charge in [0.05, 0.1) is 7.11 Å². The number of anilines is 2. The number of aryl methyl sites for hydroxylation is 1. The average Bonchev–Trinajstić information content (AvgIpc) is 3.06. The van der Waals surface area contributed by atoms with Crippen molar-refractivity contribution >= 4 is 17.2 Å². The highest BCUT2D eigenvalue weighted by Gasteiger charge is 2.16. The number of pyridine rings is 1. The molecule has 0 unspecified atom stereocenters. The highest BCUT2D eigenvalue weighted by molar-refractivity contribution is 5.80. The SMILES string of the molecule is COc1cc(-c2nc3ccc(C)cn3c2Nc2ccc(C(C)C)cc2)ccc1O. The maximum Gasteiger partial charge on any atom is 0.161 e. The number of benzene rings is 2. The van der Waals surface area contributed by atoms with E-state index in [4.69, 9.17) is 9.72 Å². The molecule has 0 aliphatic carbocycles. The number of phenols is 1. The molecule has 5 heteroatoms. The van der Waals surface area contributed by atoms with Crippen molar-refractivity contribution in [2.75, 3.05) is 12.4 Å². The Morgan fingerprint density at radius 2 is 1.79 bits per heavy atom. The van der Waals surface area contributed by atoms with Gasteiger partial charge in [-0.2, -0.15) is 0 Å². The number of aromatic hydroxyl groups is 1. The van der Waals surface area contributed by atoms with Crippen molar-refractivity contribution in [2.45, 2.75) is 26.7 Å². The topological polar surface area (TPSA) is 58.8 Å². The Bertz CT molecular complexity index is 1160. The lowest BCUT2D eigenvalue weighted by atomic mass is 10.0. The molecule has 0 spiro atoms. The molecule has 0 amide bonds. The van der Waals surface area contributed by atoms with E-state index < -0.39 is 0 Å². The zero-order valence-electron chi connectivity index (χ0n) is 17.1. The van der Waals surface area contributed by atoms with Gasteiger partial charge in [-0.25, -0.2) is 4.98 Å². The fourth-order valence-corrected chi connectivity index (χ4v) is 3.38. The van der Waals surface area contributed by atoms with Gasteiger partial charge in [-0.15, -0.1) is 0 Å². The average molecular weight is 387 g/mol. The van der Waals surface area contributed by atoms with Crippen LogP contribution in [-0.2, 0) is 0 Å². The summed E-state index contributed by atoms with van der Waals surface area (Å²) in [6.45, 7) is 6.43. The van der Waals surface area contributed by atoms with Crippen LogP contribution in [0.15, 0.2) is 60.8 Å². The van der Waals surface area contributed by atoms with Gasteiger partial charge < -0.3 is 15.2 Å². The molecule has 2 aromatic heterocycles. The van der Waals surface area contributed by atoms with E-state index in [9.17, 15) is 5.11 Å². The van der Waals surface area contributed by atoms with Crippen molar-refractivity contribution in [1.82, 2.24) is 9.38 Å². The minimum Gasteiger partial charge on any atom is -0.504 e. The van der Waals surface area contributed by atoms with Crippen LogP contribution in [0.4, 0.5) is 11.5 Å². The summed E-state index contributed by atoms with van der Waals surface area (Å²) < 4.78 is 7.34. The Labute approximate surface area is 170 Å². The molecule has 29 heavy (non-hydrogen) atoms. The fourth-order valence-electron chi connectivity index (χ4n) is 3.38. The molecule has 0 aliphatic heterocycles. The summed E-state index contributed by atoms with van der Waals surface area (Å²) in [6, 6.07) is 17.8. The highest BCUT2D eigenvalue weighted by atomic mass is 16.5. The van der Waals surface area contributed by atoms with E-state index in [2.05, 4.69) is 61.0 Å². The Kier molecular flexibility index (Phi) is 4.89. The third-order valence-corrected chi connectivity index (χ3v) is 5.06. The van der Waals surface area contributed by atoms with Gasteiger partial charge in [0.2, 0.25) is 0 Å². The summed E-state index contributed by atoms with van der Waals surface area (Å²) in [6.07, 6.45) is 2.06. The molecule has 4 rings (SSSR count).